The summed E-state index contributed by atoms with van der Waals surface area (Å²) in [5.74, 6) is 0.0293. The Kier molecular flexibility index (Phi) is 5.08. The number of ether oxygens (including phenoxy) is 2. The van der Waals surface area contributed by atoms with Gasteiger partial charge in [-0.15, -0.1) is 0 Å². The molecule has 0 radical (unpaired) electrons. The van der Waals surface area contributed by atoms with Crippen LogP contribution in [0, 0.1) is 11.3 Å². The topological polar surface area (TPSA) is 67.9 Å². The lowest BCUT2D eigenvalue weighted by Crippen LogP contribution is -2.51. The quantitative estimate of drug-likeness (QED) is 0.855. The third-order valence-corrected chi connectivity index (χ3v) is 4.69. The van der Waals surface area contributed by atoms with Crippen molar-refractivity contribution in [3.05, 3.63) is 0 Å². The first-order valence-corrected chi connectivity index (χ1v) is 7.68. The Morgan fingerprint density at radius 3 is 2.48 bits per heavy atom. The van der Waals surface area contributed by atoms with E-state index in [1.165, 1.54) is 7.11 Å². The summed E-state index contributed by atoms with van der Waals surface area (Å²) in [7, 11) is 1.31. The first-order valence-electron chi connectivity index (χ1n) is 7.68. The molecule has 21 heavy (non-hydrogen) atoms. The maximum Gasteiger partial charge on any atom is 0.407 e. The third-order valence-electron chi connectivity index (χ3n) is 4.69. The molecule has 1 atom stereocenters. The standard InChI is InChI=1S/C15H26N2O4/c1-11(2)12(16-14(19)20-3)13(18)17-7-4-15(10-17)5-8-21-9-6-15/h11-12H,4-10H2,1-3H3,(H,16,19)/t12-/m0/s1. The fourth-order valence-corrected chi connectivity index (χ4v) is 3.23. The summed E-state index contributed by atoms with van der Waals surface area (Å²) < 4.78 is 10.0. The SMILES string of the molecule is COC(=O)N[C@H](C(=O)N1CCC2(CCOCC2)C1)C(C)C. The van der Waals surface area contributed by atoms with Crippen molar-refractivity contribution in [2.75, 3.05) is 33.4 Å². The summed E-state index contributed by atoms with van der Waals surface area (Å²) in [6.45, 7) is 6.98. The molecule has 1 N–H and O–H groups in total. The van der Waals surface area contributed by atoms with E-state index in [1.807, 2.05) is 18.7 Å². The van der Waals surface area contributed by atoms with Gasteiger partial charge in [0.15, 0.2) is 0 Å². The molecule has 0 aromatic carbocycles. The Bertz CT molecular complexity index is 391. The predicted molar refractivity (Wildman–Crippen MR) is 77.8 cm³/mol. The van der Waals surface area contributed by atoms with Crippen LogP contribution in [0.15, 0.2) is 0 Å². The van der Waals surface area contributed by atoms with Gasteiger partial charge < -0.3 is 19.7 Å². The molecular weight excluding hydrogens is 272 g/mol. The van der Waals surface area contributed by atoms with Crippen LogP contribution in [-0.2, 0) is 14.3 Å². The Morgan fingerprint density at radius 2 is 1.90 bits per heavy atom. The lowest BCUT2D eigenvalue weighted by atomic mass is 9.80. The van der Waals surface area contributed by atoms with Crippen molar-refractivity contribution < 1.29 is 19.1 Å². The van der Waals surface area contributed by atoms with Gasteiger partial charge in [-0.1, -0.05) is 13.8 Å². The average molecular weight is 298 g/mol. The van der Waals surface area contributed by atoms with Gasteiger partial charge in [0.2, 0.25) is 5.91 Å². The van der Waals surface area contributed by atoms with Gasteiger partial charge in [-0.2, -0.15) is 0 Å². The summed E-state index contributed by atoms with van der Waals surface area (Å²) in [6, 6.07) is -0.521. The van der Waals surface area contributed by atoms with Crippen LogP contribution in [0.5, 0.6) is 0 Å². The molecule has 0 saturated carbocycles. The van der Waals surface area contributed by atoms with Crippen LogP contribution in [0.4, 0.5) is 4.79 Å². The zero-order chi connectivity index (χ0) is 15.5. The minimum absolute atomic E-state index is 0.00114. The van der Waals surface area contributed by atoms with Gasteiger partial charge in [-0.05, 0) is 30.6 Å². The molecule has 2 rings (SSSR count). The molecule has 2 fully saturated rings. The Labute approximate surface area is 126 Å². The summed E-state index contributed by atoms with van der Waals surface area (Å²) in [5.41, 5.74) is 0.223. The van der Waals surface area contributed by atoms with Crippen LogP contribution in [0.2, 0.25) is 0 Å². The number of likely N-dealkylation sites (tertiary alicyclic amines) is 1. The maximum atomic E-state index is 12.7. The number of carbonyl (C=O) groups excluding carboxylic acids is 2. The lowest BCUT2D eigenvalue weighted by Gasteiger charge is -2.34. The molecule has 6 nitrogen and oxygen atoms in total. The van der Waals surface area contributed by atoms with Gasteiger partial charge in [-0.25, -0.2) is 4.79 Å². The molecule has 0 aromatic rings. The van der Waals surface area contributed by atoms with E-state index in [-0.39, 0.29) is 17.2 Å². The molecular formula is C15H26N2O4. The molecule has 120 valence electrons. The molecule has 2 aliphatic rings. The molecule has 2 aliphatic heterocycles. The molecule has 6 heteroatoms. The molecule has 2 amide bonds. The number of nitrogens with zero attached hydrogens (tertiary/aromatic N) is 1. The van der Waals surface area contributed by atoms with Crippen molar-refractivity contribution in [2.45, 2.75) is 39.2 Å². The Hall–Kier alpha value is -1.30. The maximum absolute atomic E-state index is 12.7. The summed E-state index contributed by atoms with van der Waals surface area (Å²) in [5, 5.41) is 2.66. The Morgan fingerprint density at radius 1 is 1.24 bits per heavy atom. The van der Waals surface area contributed by atoms with E-state index in [0.29, 0.717) is 0 Å². The second kappa shape index (κ2) is 6.64. The van der Waals surface area contributed by atoms with Crippen LogP contribution in [-0.4, -0.2) is 56.4 Å². The Balaban J connectivity index is 1.99. The predicted octanol–water partition coefficient (Wildman–Crippen LogP) is 1.40. The van der Waals surface area contributed by atoms with E-state index in [4.69, 9.17) is 4.74 Å². The highest BCUT2D eigenvalue weighted by Gasteiger charge is 2.42. The van der Waals surface area contributed by atoms with E-state index >= 15 is 0 Å². The second-order valence-electron chi connectivity index (χ2n) is 6.48. The van der Waals surface area contributed by atoms with Crippen molar-refractivity contribution in [1.82, 2.24) is 10.2 Å². The number of nitrogens with one attached hydrogen (secondary N) is 1. The van der Waals surface area contributed by atoms with E-state index in [9.17, 15) is 9.59 Å². The van der Waals surface area contributed by atoms with Gasteiger partial charge in [0.25, 0.3) is 0 Å². The van der Waals surface area contributed by atoms with Crippen LogP contribution < -0.4 is 5.32 Å². The number of carbonyl (C=O) groups is 2. The first-order chi connectivity index (χ1) is 9.97. The van der Waals surface area contributed by atoms with Crippen molar-refractivity contribution in [3.8, 4) is 0 Å². The van der Waals surface area contributed by atoms with E-state index in [0.717, 1.165) is 45.6 Å². The molecule has 0 aliphatic carbocycles. The molecule has 0 unspecified atom stereocenters. The largest absolute Gasteiger partial charge is 0.453 e. The molecule has 0 bridgehead atoms. The number of methoxy groups -OCH3 is 1. The minimum Gasteiger partial charge on any atom is -0.453 e. The molecule has 2 saturated heterocycles. The van der Waals surface area contributed by atoms with Crippen molar-refractivity contribution in [1.29, 1.82) is 0 Å². The minimum atomic E-state index is -0.554. The van der Waals surface area contributed by atoms with Gasteiger partial charge in [0, 0.05) is 26.3 Å². The van der Waals surface area contributed by atoms with Crippen LogP contribution in [0.1, 0.15) is 33.1 Å². The fraction of sp³-hybridized carbons (Fsp3) is 0.867. The van der Waals surface area contributed by atoms with Gasteiger partial charge in [0.1, 0.15) is 6.04 Å². The van der Waals surface area contributed by atoms with Crippen molar-refractivity contribution in [2.24, 2.45) is 11.3 Å². The molecule has 0 aromatic heterocycles. The fourth-order valence-electron chi connectivity index (χ4n) is 3.23. The summed E-state index contributed by atoms with van der Waals surface area (Å²) in [4.78, 5) is 26.0. The van der Waals surface area contributed by atoms with Crippen molar-refractivity contribution >= 4 is 12.0 Å². The number of hydrogen-bond acceptors (Lipinski definition) is 4. The number of rotatable bonds is 3. The normalized spacial score (nSPS) is 22.4. The zero-order valence-electron chi connectivity index (χ0n) is 13.2. The molecule has 2 heterocycles. The highest BCUT2D eigenvalue weighted by atomic mass is 16.5. The van der Waals surface area contributed by atoms with Crippen LogP contribution in [0.25, 0.3) is 0 Å². The molecule has 1 spiro atoms. The average Bonchev–Trinajstić information content (AvgIpc) is 2.88. The van der Waals surface area contributed by atoms with E-state index < -0.39 is 12.1 Å². The second-order valence-corrected chi connectivity index (χ2v) is 6.48. The highest BCUT2D eigenvalue weighted by molar-refractivity contribution is 5.86. The zero-order valence-corrected chi connectivity index (χ0v) is 13.2. The lowest BCUT2D eigenvalue weighted by molar-refractivity contribution is -0.134. The van der Waals surface area contributed by atoms with Gasteiger partial charge in [0.05, 0.1) is 7.11 Å². The number of hydrogen-bond donors (Lipinski definition) is 1. The van der Waals surface area contributed by atoms with E-state index in [2.05, 4.69) is 10.1 Å². The number of alkyl carbamates (subject to hydrolysis) is 1. The van der Waals surface area contributed by atoms with Crippen LogP contribution in [0.3, 0.4) is 0 Å². The third kappa shape index (κ3) is 3.67. The first kappa shape index (κ1) is 16.1. The van der Waals surface area contributed by atoms with E-state index in [1.54, 1.807) is 0 Å². The number of amides is 2. The summed E-state index contributed by atoms with van der Waals surface area (Å²) in [6.07, 6.45) is 2.52. The van der Waals surface area contributed by atoms with Gasteiger partial charge in [-0.3, -0.25) is 4.79 Å². The summed E-state index contributed by atoms with van der Waals surface area (Å²) >= 11 is 0. The smallest absolute Gasteiger partial charge is 0.407 e. The van der Waals surface area contributed by atoms with Crippen molar-refractivity contribution in [3.63, 3.8) is 0 Å². The van der Waals surface area contributed by atoms with Gasteiger partial charge >= 0.3 is 6.09 Å². The monoisotopic (exact) mass is 298 g/mol. The van der Waals surface area contributed by atoms with Crippen LogP contribution >= 0.6 is 0 Å². The highest BCUT2D eigenvalue weighted by Crippen LogP contribution is 2.39.